The zero-order chi connectivity index (χ0) is 12.3. The fourth-order valence-electron chi connectivity index (χ4n) is 2.63. The van der Waals surface area contributed by atoms with Gasteiger partial charge in [0, 0.05) is 18.6 Å². The number of aryl methyl sites for hydroxylation is 1. The molecule has 2 nitrogen and oxygen atoms in total. The molecule has 1 saturated heterocycles. The standard InChI is InChI=1S/C14H20FNO/c1-11-7-13(15)4-3-12(11)8-14(9-16-2)5-6-17-10-14/h3-4,7,16H,5-6,8-10H2,1-2H3. The maximum atomic E-state index is 13.1. The molecule has 0 amide bonds. The SMILES string of the molecule is CNCC1(Cc2ccc(F)cc2C)CCOC1. The van der Waals surface area contributed by atoms with Crippen LogP contribution in [0.25, 0.3) is 0 Å². The van der Waals surface area contributed by atoms with Gasteiger partial charge in [-0.2, -0.15) is 0 Å². The van der Waals surface area contributed by atoms with Gasteiger partial charge in [0.05, 0.1) is 6.61 Å². The van der Waals surface area contributed by atoms with Crippen LogP contribution < -0.4 is 5.32 Å². The van der Waals surface area contributed by atoms with Crippen molar-refractivity contribution in [3.63, 3.8) is 0 Å². The maximum Gasteiger partial charge on any atom is 0.123 e. The molecule has 1 heterocycles. The van der Waals surface area contributed by atoms with Crippen molar-refractivity contribution in [2.24, 2.45) is 5.41 Å². The first kappa shape index (κ1) is 12.5. The summed E-state index contributed by atoms with van der Waals surface area (Å²) in [4.78, 5) is 0. The monoisotopic (exact) mass is 237 g/mol. The Morgan fingerprint density at radius 1 is 1.47 bits per heavy atom. The van der Waals surface area contributed by atoms with Gasteiger partial charge in [0.25, 0.3) is 0 Å². The van der Waals surface area contributed by atoms with Crippen molar-refractivity contribution in [1.82, 2.24) is 5.32 Å². The lowest BCUT2D eigenvalue weighted by molar-refractivity contribution is 0.150. The van der Waals surface area contributed by atoms with Crippen LogP contribution in [0, 0.1) is 18.2 Å². The van der Waals surface area contributed by atoms with Gasteiger partial charge in [0.15, 0.2) is 0 Å². The highest BCUT2D eigenvalue weighted by atomic mass is 19.1. The second-order valence-electron chi connectivity index (χ2n) is 5.08. The topological polar surface area (TPSA) is 21.3 Å². The van der Waals surface area contributed by atoms with Crippen molar-refractivity contribution in [2.75, 3.05) is 26.8 Å². The van der Waals surface area contributed by atoms with Gasteiger partial charge < -0.3 is 10.1 Å². The van der Waals surface area contributed by atoms with Crippen LogP contribution in [0.3, 0.4) is 0 Å². The summed E-state index contributed by atoms with van der Waals surface area (Å²) >= 11 is 0. The normalized spacial score (nSPS) is 24.2. The van der Waals surface area contributed by atoms with Crippen molar-refractivity contribution in [1.29, 1.82) is 0 Å². The summed E-state index contributed by atoms with van der Waals surface area (Å²) in [6, 6.07) is 5.06. The third-order valence-electron chi connectivity index (χ3n) is 3.61. The van der Waals surface area contributed by atoms with E-state index < -0.39 is 0 Å². The van der Waals surface area contributed by atoms with E-state index in [9.17, 15) is 4.39 Å². The number of ether oxygens (including phenoxy) is 1. The smallest absolute Gasteiger partial charge is 0.123 e. The fraction of sp³-hybridized carbons (Fsp3) is 0.571. The molecule has 0 bridgehead atoms. The number of hydrogen-bond donors (Lipinski definition) is 1. The Kier molecular flexibility index (Phi) is 3.79. The summed E-state index contributed by atoms with van der Waals surface area (Å²) in [6.07, 6.45) is 2.03. The van der Waals surface area contributed by atoms with E-state index in [0.29, 0.717) is 0 Å². The zero-order valence-electron chi connectivity index (χ0n) is 10.6. The summed E-state index contributed by atoms with van der Waals surface area (Å²) in [6.45, 7) is 4.55. The zero-order valence-corrected chi connectivity index (χ0v) is 10.6. The molecule has 1 aromatic rings. The van der Waals surface area contributed by atoms with E-state index in [4.69, 9.17) is 4.74 Å². The van der Waals surface area contributed by atoms with E-state index in [0.717, 1.165) is 38.2 Å². The number of halogens is 1. The summed E-state index contributed by atoms with van der Waals surface area (Å²) in [5, 5.41) is 3.25. The third-order valence-corrected chi connectivity index (χ3v) is 3.61. The Bertz CT molecular complexity index is 386. The first-order valence-electron chi connectivity index (χ1n) is 6.13. The molecular weight excluding hydrogens is 217 g/mol. The Labute approximate surface area is 102 Å². The molecule has 1 aliphatic rings. The van der Waals surface area contributed by atoms with Crippen LogP contribution in [0.1, 0.15) is 17.5 Å². The van der Waals surface area contributed by atoms with Gasteiger partial charge >= 0.3 is 0 Å². The molecule has 0 spiro atoms. The number of benzene rings is 1. The van der Waals surface area contributed by atoms with E-state index in [-0.39, 0.29) is 11.2 Å². The average Bonchev–Trinajstić information content (AvgIpc) is 2.72. The highest BCUT2D eigenvalue weighted by Gasteiger charge is 2.34. The van der Waals surface area contributed by atoms with Gasteiger partial charge in [-0.25, -0.2) is 4.39 Å². The van der Waals surface area contributed by atoms with Gasteiger partial charge in [-0.05, 0) is 50.1 Å². The summed E-state index contributed by atoms with van der Waals surface area (Å²) in [5.41, 5.74) is 2.44. The van der Waals surface area contributed by atoms with Gasteiger partial charge in [0.2, 0.25) is 0 Å². The molecule has 0 aliphatic carbocycles. The summed E-state index contributed by atoms with van der Waals surface area (Å²) < 4.78 is 18.6. The summed E-state index contributed by atoms with van der Waals surface area (Å²) in [7, 11) is 1.97. The van der Waals surface area contributed by atoms with Crippen LogP contribution in [0.4, 0.5) is 4.39 Å². The molecule has 1 fully saturated rings. The van der Waals surface area contributed by atoms with Gasteiger partial charge in [0.1, 0.15) is 5.82 Å². The van der Waals surface area contributed by atoms with Crippen LogP contribution >= 0.6 is 0 Å². The minimum atomic E-state index is -0.156. The lowest BCUT2D eigenvalue weighted by atomic mass is 9.80. The van der Waals surface area contributed by atoms with Crippen molar-refractivity contribution >= 4 is 0 Å². The molecule has 1 atom stereocenters. The Balaban J connectivity index is 2.17. The third kappa shape index (κ3) is 2.85. The first-order valence-corrected chi connectivity index (χ1v) is 6.13. The minimum absolute atomic E-state index is 0.156. The highest BCUT2D eigenvalue weighted by Crippen LogP contribution is 2.33. The van der Waals surface area contributed by atoms with Crippen LogP contribution in [0.5, 0.6) is 0 Å². The maximum absolute atomic E-state index is 13.1. The molecular formula is C14H20FNO. The molecule has 94 valence electrons. The average molecular weight is 237 g/mol. The van der Waals surface area contributed by atoms with E-state index in [1.54, 1.807) is 12.1 Å². The van der Waals surface area contributed by atoms with Crippen molar-refractivity contribution in [3.05, 3.63) is 35.1 Å². The lowest BCUT2D eigenvalue weighted by Crippen LogP contribution is -2.35. The summed E-state index contributed by atoms with van der Waals surface area (Å²) in [5.74, 6) is -0.156. The van der Waals surface area contributed by atoms with E-state index in [2.05, 4.69) is 5.32 Å². The molecule has 1 aliphatic heterocycles. The van der Waals surface area contributed by atoms with Crippen LogP contribution in [-0.2, 0) is 11.2 Å². The second-order valence-corrected chi connectivity index (χ2v) is 5.08. The van der Waals surface area contributed by atoms with E-state index >= 15 is 0 Å². The van der Waals surface area contributed by atoms with Crippen LogP contribution in [0.15, 0.2) is 18.2 Å². The lowest BCUT2D eigenvalue weighted by Gasteiger charge is -2.28. The van der Waals surface area contributed by atoms with Gasteiger partial charge in [-0.3, -0.25) is 0 Å². The number of nitrogens with one attached hydrogen (secondary N) is 1. The molecule has 1 aromatic carbocycles. The Morgan fingerprint density at radius 3 is 2.88 bits per heavy atom. The quantitative estimate of drug-likeness (QED) is 0.867. The van der Waals surface area contributed by atoms with E-state index in [1.807, 2.05) is 20.0 Å². The number of hydrogen-bond acceptors (Lipinski definition) is 2. The van der Waals surface area contributed by atoms with Gasteiger partial charge in [-0.15, -0.1) is 0 Å². The molecule has 0 aromatic heterocycles. The second kappa shape index (κ2) is 5.15. The predicted molar refractivity (Wildman–Crippen MR) is 66.6 cm³/mol. The molecule has 3 heteroatoms. The Hall–Kier alpha value is -0.930. The van der Waals surface area contributed by atoms with Crippen molar-refractivity contribution < 1.29 is 9.13 Å². The molecule has 2 rings (SSSR count). The highest BCUT2D eigenvalue weighted by molar-refractivity contribution is 5.28. The van der Waals surface area contributed by atoms with Crippen LogP contribution in [0.2, 0.25) is 0 Å². The molecule has 17 heavy (non-hydrogen) atoms. The van der Waals surface area contributed by atoms with E-state index in [1.165, 1.54) is 5.56 Å². The number of rotatable bonds is 4. The van der Waals surface area contributed by atoms with Crippen LogP contribution in [-0.4, -0.2) is 26.8 Å². The minimum Gasteiger partial charge on any atom is -0.381 e. The van der Waals surface area contributed by atoms with Gasteiger partial charge in [-0.1, -0.05) is 6.07 Å². The fourth-order valence-corrected chi connectivity index (χ4v) is 2.63. The van der Waals surface area contributed by atoms with Crippen molar-refractivity contribution in [3.8, 4) is 0 Å². The first-order chi connectivity index (χ1) is 8.15. The largest absolute Gasteiger partial charge is 0.381 e. The molecule has 1 N–H and O–H groups in total. The molecule has 1 unspecified atom stereocenters. The molecule has 0 saturated carbocycles. The van der Waals surface area contributed by atoms with Crippen molar-refractivity contribution in [2.45, 2.75) is 19.8 Å². The molecule has 0 radical (unpaired) electrons. The Morgan fingerprint density at radius 2 is 2.29 bits per heavy atom. The predicted octanol–water partition coefficient (Wildman–Crippen LogP) is 2.30.